The molecule has 50 valence electrons. The Labute approximate surface area is 61.1 Å². The summed E-state index contributed by atoms with van der Waals surface area (Å²) < 4.78 is 0. The van der Waals surface area contributed by atoms with Crippen LogP contribution >= 0.6 is 0 Å². The van der Waals surface area contributed by atoms with E-state index in [1.54, 1.807) is 13.1 Å². The smallest absolute Gasteiger partial charge is 0.141 e. The number of nitrogen functional groups attached to an aromatic ring is 1. The van der Waals surface area contributed by atoms with Gasteiger partial charge in [0.15, 0.2) is 0 Å². The number of nitrogens with one attached hydrogen (secondary N) is 1. The number of nitrogens with two attached hydrogens (primary N) is 1. The van der Waals surface area contributed by atoms with Gasteiger partial charge in [0.1, 0.15) is 7.85 Å². The molecule has 0 saturated heterocycles. The van der Waals surface area contributed by atoms with E-state index in [0.717, 1.165) is 5.69 Å². The predicted octanol–water partition coefficient (Wildman–Crippen LogP) is -0.501. The first-order valence-corrected chi connectivity index (χ1v) is 2.93. The van der Waals surface area contributed by atoms with Crippen molar-refractivity contribution in [3.8, 4) is 0 Å². The van der Waals surface area contributed by atoms with Crippen LogP contribution in [0.2, 0.25) is 0 Å². The van der Waals surface area contributed by atoms with Crippen molar-refractivity contribution in [2.75, 3.05) is 18.1 Å². The van der Waals surface area contributed by atoms with Crippen LogP contribution in [0.3, 0.4) is 0 Å². The van der Waals surface area contributed by atoms with E-state index >= 15 is 0 Å². The molecule has 0 aromatic carbocycles. The van der Waals surface area contributed by atoms with Crippen LogP contribution in [-0.4, -0.2) is 19.9 Å². The van der Waals surface area contributed by atoms with Crippen LogP contribution < -0.4 is 16.6 Å². The van der Waals surface area contributed by atoms with Gasteiger partial charge in [-0.3, -0.25) is 4.98 Å². The fourth-order valence-corrected chi connectivity index (χ4v) is 0.699. The number of anilines is 2. The molecule has 2 radical (unpaired) electrons. The monoisotopic (exact) mass is 133 g/mol. The molecular formula is C6H8BN3. The van der Waals surface area contributed by atoms with E-state index in [1.807, 2.05) is 0 Å². The minimum absolute atomic E-state index is 0.471. The molecule has 0 amide bonds. The van der Waals surface area contributed by atoms with Crippen molar-refractivity contribution in [3.63, 3.8) is 0 Å². The first-order valence-electron chi connectivity index (χ1n) is 2.93. The second kappa shape index (κ2) is 2.60. The van der Waals surface area contributed by atoms with Crippen LogP contribution in [0.15, 0.2) is 12.3 Å². The average molecular weight is 133 g/mol. The second-order valence-electron chi connectivity index (χ2n) is 1.95. The molecule has 0 aliphatic heterocycles. The molecule has 0 spiro atoms. The first kappa shape index (κ1) is 6.93. The van der Waals surface area contributed by atoms with E-state index in [4.69, 9.17) is 13.6 Å². The summed E-state index contributed by atoms with van der Waals surface area (Å²) >= 11 is 0. The maximum Gasteiger partial charge on any atom is 0.141 e. The Morgan fingerprint density at radius 2 is 2.40 bits per heavy atom. The van der Waals surface area contributed by atoms with E-state index in [0.29, 0.717) is 11.3 Å². The second-order valence-corrected chi connectivity index (χ2v) is 1.95. The summed E-state index contributed by atoms with van der Waals surface area (Å²) in [6.45, 7) is 0. The molecule has 1 aromatic rings. The van der Waals surface area contributed by atoms with E-state index in [9.17, 15) is 0 Å². The van der Waals surface area contributed by atoms with Gasteiger partial charge in [0.05, 0.1) is 17.6 Å². The van der Waals surface area contributed by atoms with Crippen molar-refractivity contribution in [1.29, 1.82) is 0 Å². The number of pyridine rings is 1. The molecule has 1 heterocycles. The lowest BCUT2D eigenvalue weighted by atomic mass is 10.0. The highest BCUT2D eigenvalue weighted by Crippen LogP contribution is 2.11. The van der Waals surface area contributed by atoms with Crippen LogP contribution in [-0.2, 0) is 0 Å². The Morgan fingerprint density at radius 1 is 1.70 bits per heavy atom. The highest BCUT2D eigenvalue weighted by atomic mass is 14.9. The van der Waals surface area contributed by atoms with E-state index in [1.165, 1.54) is 6.20 Å². The molecule has 4 heteroatoms. The normalized spacial score (nSPS) is 9.30. The lowest BCUT2D eigenvalue weighted by Gasteiger charge is -2.03. The van der Waals surface area contributed by atoms with Crippen LogP contribution in [0.4, 0.5) is 11.4 Å². The fourth-order valence-electron chi connectivity index (χ4n) is 0.699. The SMILES string of the molecule is [B]c1cc(NC)c(N)cn1. The molecule has 10 heavy (non-hydrogen) atoms. The van der Waals surface area contributed by atoms with Gasteiger partial charge >= 0.3 is 0 Å². The van der Waals surface area contributed by atoms with Crippen molar-refractivity contribution in [1.82, 2.24) is 4.98 Å². The Kier molecular flexibility index (Phi) is 1.80. The molecule has 0 fully saturated rings. The van der Waals surface area contributed by atoms with E-state index in [-0.39, 0.29) is 0 Å². The molecule has 3 nitrogen and oxygen atoms in total. The number of hydrogen-bond donors (Lipinski definition) is 2. The molecule has 1 aromatic heterocycles. The topological polar surface area (TPSA) is 50.9 Å². The molecule has 0 aliphatic rings. The van der Waals surface area contributed by atoms with Crippen LogP contribution in [0.25, 0.3) is 0 Å². The van der Waals surface area contributed by atoms with Gasteiger partial charge in [-0.05, 0) is 11.7 Å². The number of nitrogens with zero attached hydrogens (tertiary/aromatic N) is 1. The third-order valence-corrected chi connectivity index (χ3v) is 1.23. The summed E-state index contributed by atoms with van der Waals surface area (Å²) in [5.41, 5.74) is 7.41. The molecule has 3 N–H and O–H groups in total. The van der Waals surface area contributed by atoms with E-state index in [2.05, 4.69) is 10.3 Å². The van der Waals surface area contributed by atoms with Gasteiger partial charge in [-0.2, -0.15) is 0 Å². The van der Waals surface area contributed by atoms with Gasteiger partial charge in [0.25, 0.3) is 0 Å². The minimum atomic E-state index is 0.471. The Morgan fingerprint density at radius 3 is 2.90 bits per heavy atom. The predicted molar refractivity (Wildman–Crippen MR) is 43.6 cm³/mol. The molecule has 1 rings (SSSR count). The lowest BCUT2D eigenvalue weighted by molar-refractivity contribution is 1.37. The summed E-state index contributed by atoms with van der Waals surface area (Å²) in [6, 6.07) is 1.69. The summed E-state index contributed by atoms with van der Waals surface area (Å²) in [7, 11) is 7.18. The number of rotatable bonds is 1. The van der Waals surface area contributed by atoms with Crippen molar-refractivity contribution < 1.29 is 0 Å². The highest BCUT2D eigenvalue weighted by molar-refractivity contribution is 6.31. The number of aromatic nitrogens is 1. The Bertz CT molecular complexity index is 236. The highest BCUT2D eigenvalue weighted by Gasteiger charge is 1.94. The number of hydrogen-bond acceptors (Lipinski definition) is 3. The molecular weight excluding hydrogens is 125 g/mol. The van der Waals surface area contributed by atoms with Crippen LogP contribution in [0.5, 0.6) is 0 Å². The lowest BCUT2D eigenvalue weighted by Crippen LogP contribution is -2.10. The zero-order chi connectivity index (χ0) is 7.56. The molecule has 0 aliphatic carbocycles. The fraction of sp³-hybridized carbons (Fsp3) is 0.167. The van der Waals surface area contributed by atoms with Crippen LogP contribution in [0, 0.1) is 0 Å². The van der Waals surface area contributed by atoms with E-state index < -0.39 is 0 Å². The van der Waals surface area contributed by atoms with Gasteiger partial charge in [0.2, 0.25) is 0 Å². The average Bonchev–Trinajstić information content (AvgIpc) is 1.94. The van der Waals surface area contributed by atoms with Gasteiger partial charge in [-0.25, -0.2) is 0 Å². The van der Waals surface area contributed by atoms with Crippen molar-refractivity contribution >= 4 is 24.8 Å². The van der Waals surface area contributed by atoms with Crippen LogP contribution in [0.1, 0.15) is 0 Å². The molecule has 0 saturated carbocycles. The Balaban J connectivity index is 3.09. The van der Waals surface area contributed by atoms with Gasteiger partial charge < -0.3 is 11.1 Å². The quantitative estimate of drug-likeness (QED) is 0.507. The summed E-state index contributed by atoms with van der Waals surface area (Å²) in [5.74, 6) is 0. The standard InChI is InChI=1S/C6H8BN3/c1-9-5-2-6(7)10-3-4(5)8/h2-3H,8H2,1H3,(H,9,10). The maximum atomic E-state index is 5.52. The molecule has 0 bridgehead atoms. The van der Waals surface area contributed by atoms with Crippen molar-refractivity contribution in [2.45, 2.75) is 0 Å². The zero-order valence-electron chi connectivity index (χ0n) is 5.76. The molecule has 0 atom stereocenters. The summed E-state index contributed by atoms with van der Waals surface area (Å²) in [6.07, 6.45) is 1.53. The van der Waals surface area contributed by atoms with Gasteiger partial charge in [-0.1, -0.05) is 0 Å². The van der Waals surface area contributed by atoms with Crippen molar-refractivity contribution in [2.24, 2.45) is 0 Å². The zero-order valence-corrected chi connectivity index (χ0v) is 5.76. The summed E-state index contributed by atoms with van der Waals surface area (Å²) in [5, 5.41) is 2.89. The molecule has 0 unspecified atom stereocenters. The third-order valence-electron chi connectivity index (χ3n) is 1.23. The largest absolute Gasteiger partial charge is 0.396 e. The Hall–Kier alpha value is -1.19. The maximum absolute atomic E-state index is 5.52. The third kappa shape index (κ3) is 1.21. The summed E-state index contributed by atoms with van der Waals surface area (Å²) in [4.78, 5) is 3.80. The van der Waals surface area contributed by atoms with Gasteiger partial charge in [0, 0.05) is 7.05 Å². The van der Waals surface area contributed by atoms with Crippen molar-refractivity contribution in [3.05, 3.63) is 12.3 Å². The minimum Gasteiger partial charge on any atom is -0.396 e. The first-order chi connectivity index (χ1) is 4.74. The van der Waals surface area contributed by atoms with Gasteiger partial charge in [-0.15, -0.1) is 0 Å².